The number of nitrogens with zero attached hydrogens (tertiary/aromatic N) is 2. The lowest BCUT2D eigenvalue weighted by Gasteiger charge is -2.10. The lowest BCUT2D eigenvalue weighted by atomic mass is 10.2. The molecular weight excluding hydrogens is 260 g/mol. The molecule has 0 unspecified atom stereocenters. The molecule has 1 rings (SSSR count). The minimum absolute atomic E-state index is 0.290. The van der Waals surface area contributed by atoms with E-state index in [4.69, 9.17) is 11.1 Å². The van der Waals surface area contributed by atoms with Gasteiger partial charge in [-0.05, 0) is 31.8 Å². The maximum absolute atomic E-state index is 11.1. The van der Waals surface area contributed by atoms with Gasteiger partial charge in [-0.25, -0.2) is 0 Å². The number of carbonyl (C=O) groups is 1. The highest BCUT2D eigenvalue weighted by Gasteiger charge is 2.05. The van der Waals surface area contributed by atoms with Gasteiger partial charge in [0.1, 0.15) is 0 Å². The van der Waals surface area contributed by atoms with Crippen molar-refractivity contribution >= 4 is 23.4 Å². The van der Waals surface area contributed by atoms with E-state index in [9.17, 15) is 4.79 Å². The first-order chi connectivity index (χ1) is 8.99. The standard InChI is InChI=1S/C13H20N4OS/c1-17(2)8-10-3-5-16-11(7-10)9-19-6-4-12(18)13(14)15/h3,5,7H,4,6,8-9H2,1-2H3,(H3,14,15). The highest BCUT2D eigenvalue weighted by atomic mass is 32.2. The topological polar surface area (TPSA) is 83.1 Å². The molecule has 0 bridgehead atoms. The second-order valence-corrected chi connectivity index (χ2v) is 5.64. The second kappa shape index (κ2) is 7.91. The zero-order chi connectivity index (χ0) is 14.3. The molecule has 0 aliphatic heterocycles. The highest BCUT2D eigenvalue weighted by Crippen LogP contribution is 2.13. The Kier molecular flexibility index (Phi) is 6.52. The third kappa shape index (κ3) is 6.35. The third-order valence-electron chi connectivity index (χ3n) is 2.40. The number of nitrogens with one attached hydrogen (secondary N) is 1. The summed E-state index contributed by atoms with van der Waals surface area (Å²) < 4.78 is 0. The molecule has 0 saturated heterocycles. The lowest BCUT2D eigenvalue weighted by molar-refractivity contribution is -0.112. The SMILES string of the molecule is CN(C)Cc1ccnc(CSCCC(=O)C(=N)N)c1. The van der Waals surface area contributed by atoms with Gasteiger partial charge >= 0.3 is 0 Å². The number of pyridine rings is 1. The quantitative estimate of drug-likeness (QED) is 0.426. The summed E-state index contributed by atoms with van der Waals surface area (Å²) in [5, 5.41) is 7.00. The number of ketones is 1. The van der Waals surface area contributed by atoms with Crippen LogP contribution in [0.2, 0.25) is 0 Å². The fourth-order valence-electron chi connectivity index (χ4n) is 1.55. The third-order valence-corrected chi connectivity index (χ3v) is 3.40. The summed E-state index contributed by atoms with van der Waals surface area (Å²) in [6, 6.07) is 4.09. The Morgan fingerprint density at radius 3 is 2.89 bits per heavy atom. The van der Waals surface area contributed by atoms with Crippen molar-refractivity contribution in [1.82, 2.24) is 9.88 Å². The summed E-state index contributed by atoms with van der Waals surface area (Å²) in [6.45, 7) is 0.892. The predicted molar refractivity (Wildman–Crippen MR) is 79.3 cm³/mol. The fraction of sp³-hybridized carbons (Fsp3) is 0.462. The van der Waals surface area contributed by atoms with Gasteiger partial charge in [-0.3, -0.25) is 15.2 Å². The van der Waals surface area contributed by atoms with Crippen molar-refractivity contribution in [3.8, 4) is 0 Å². The minimum Gasteiger partial charge on any atom is -0.381 e. The van der Waals surface area contributed by atoms with Crippen LogP contribution < -0.4 is 5.73 Å². The molecule has 1 aromatic rings. The van der Waals surface area contributed by atoms with Crippen molar-refractivity contribution in [2.45, 2.75) is 18.7 Å². The molecule has 0 spiro atoms. The normalized spacial score (nSPS) is 10.7. The Labute approximate surface area is 118 Å². The van der Waals surface area contributed by atoms with Gasteiger partial charge in [-0.15, -0.1) is 0 Å². The zero-order valence-corrected chi connectivity index (χ0v) is 12.2. The van der Waals surface area contributed by atoms with Crippen LogP contribution in [-0.4, -0.2) is 41.4 Å². The number of thioether (sulfide) groups is 1. The number of aromatic nitrogens is 1. The van der Waals surface area contributed by atoms with Crippen LogP contribution in [0.5, 0.6) is 0 Å². The summed E-state index contributed by atoms with van der Waals surface area (Å²) in [5.74, 6) is 0.790. The summed E-state index contributed by atoms with van der Waals surface area (Å²) in [7, 11) is 4.06. The number of Topliss-reactive ketones (excluding diaryl/α,β-unsaturated/α-hetero) is 1. The Bertz CT molecular complexity index is 448. The average Bonchev–Trinajstić information content (AvgIpc) is 2.34. The first-order valence-corrected chi connectivity index (χ1v) is 7.18. The summed E-state index contributed by atoms with van der Waals surface area (Å²) in [6.07, 6.45) is 2.13. The van der Waals surface area contributed by atoms with Crippen molar-refractivity contribution in [2.75, 3.05) is 19.8 Å². The molecule has 0 aromatic carbocycles. The van der Waals surface area contributed by atoms with Crippen LogP contribution in [0.3, 0.4) is 0 Å². The van der Waals surface area contributed by atoms with Crippen LogP contribution in [0.4, 0.5) is 0 Å². The van der Waals surface area contributed by atoms with Gasteiger partial charge in [0, 0.05) is 30.7 Å². The number of rotatable bonds is 8. The van der Waals surface area contributed by atoms with Crippen LogP contribution in [0.1, 0.15) is 17.7 Å². The minimum atomic E-state index is -0.355. The smallest absolute Gasteiger partial charge is 0.197 e. The summed E-state index contributed by atoms with van der Waals surface area (Å²) in [5.41, 5.74) is 7.35. The van der Waals surface area contributed by atoms with Gasteiger partial charge in [-0.2, -0.15) is 11.8 Å². The summed E-state index contributed by atoms with van der Waals surface area (Å²) in [4.78, 5) is 17.6. The Morgan fingerprint density at radius 1 is 1.53 bits per heavy atom. The maximum Gasteiger partial charge on any atom is 0.197 e. The average molecular weight is 280 g/mol. The molecule has 5 nitrogen and oxygen atoms in total. The molecule has 6 heteroatoms. The molecule has 3 N–H and O–H groups in total. The molecular formula is C13H20N4OS. The molecule has 0 amide bonds. The molecule has 0 radical (unpaired) electrons. The number of hydrogen-bond acceptors (Lipinski definition) is 5. The van der Waals surface area contributed by atoms with Gasteiger partial charge in [0.05, 0.1) is 5.69 Å². The monoisotopic (exact) mass is 280 g/mol. The van der Waals surface area contributed by atoms with Crippen LogP contribution in [-0.2, 0) is 17.1 Å². The predicted octanol–water partition coefficient (Wildman–Crippen LogP) is 1.27. The molecule has 19 heavy (non-hydrogen) atoms. The van der Waals surface area contributed by atoms with Crippen molar-refractivity contribution in [3.05, 3.63) is 29.6 Å². The fourth-order valence-corrected chi connectivity index (χ4v) is 2.39. The van der Waals surface area contributed by atoms with Crippen LogP contribution >= 0.6 is 11.8 Å². The number of amidine groups is 1. The maximum atomic E-state index is 11.1. The molecule has 0 aliphatic carbocycles. The van der Waals surface area contributed by atoms with Gasteiger partial charge in [0.25, 0.3) is 0 Å². The Balaban J connectivity index is 2.37. The van der Waals surface area contributed by atoms with Crippen LogP contribution in [0.15, 0.2) is 18.3 Å². The number of nitrogens with two attached hydrogens (primary N) is 1. The number of carbonyl (C=O) groups excluding carboxylic acids is 1. The second-order valence-electron chi connectivity index (χ2n) is 4.53. The zero-order valence-electron chi connectivity index (χ0n) is 11.3. The van der Waals surface area contributed by atoms with Crippen LogP contribution in [0.25, 0.3) is 0 Å². The van der Waals surface area contributed by atoms with Crippen molar-refractivity contribution in [1.29, 1.82) is 5.41 Å². The van der Waals surface area contributed by atoms with Gasteiger partial charge < -0.3 is 10.6 Å². The first kappa shape index (κ1) is 15.7. The molecule has 104 valence electrons. The molecule has 0 atom stereocenters. The lowest BCUT2D eigenvalue weighted by Crippen LogP contribution is -2.22. The van der Waals surface area contributed by atoms with Gasteiger partial charge in [-0.1, -0.05) is 0 Å². The van der Waals surface area contributed by atoms with E-state index in [1.807, 2.05) is 26.4 Å². The van der Waals surface area contributed by atoms with Crippen molar-refractivity contribution in [3.63, 3.8) is 0 Å². The summed E-state index contributed by atoms with van der Waals surface area (Å²) >= 11 is 1.63. The molecule has 1 heterocycles. The Morgan fingerprint density at radius 2 is 2.26 bits per heavy atom. The molecule has 0 aliphatic rings. The first-order valence-electron chi connectivity index (χ1n) is 6.02. The van der Waals surface area contributed by atoms with Gasteiger partial charge in [0.2, 0.25) is 0 Å². The van der Waals surface area contributed by atoms with E-state index in [2.05, 4.69) is 16.0 Å². The van der Waals surface area contributed by atoms with Crippen molar-refractivity contribution in [2.24, 2.45) is 5.73 Å². The van der Waals surface area contributed by atoms with E-state index in [1.165, 1.54) is 5.56 Å². The van der Waals surface area contributed by atoms with E-state index in [-0.39, 0.29) is 11.6 Å². The molecule has 1 aromatic heterocycles. The Hall–Kier alpha value is -1.40. The highest BCUT2D eigenvalue weighted by molar-refractivity contribution is 7.98. The van der Waals surface area contributed by atoms with E-state index in [1.54, 1.807) is 11.8 Å². The van der Waals surface area contributed by atoms with Gasteiger partial charge in [0.15, 0.2) is 11.6 Å². The largest absolute Gasteiger partial charge is 0.381 e. The van der Waals surface area contributed by atoms with E-state index < -0.39 is 0 Å². The van der Waals surface area contributed by atoms with E-state index in [0.29, 0.717) is 12.2 Å². The van der Waals surface area contributed by atoms with Crippen LogP contribution in [0, 0.1) is 5.41 Å². The van der Waals surface area contributed by atoms with Crippen molar-refractivity contribution < 1.29 is 4.79 Å². The molecule has 0 fully saturated rings. The van der Waals surface area contributed by atoms with E-state index >= 15 is 0 Å². The molecule has 0 saturated carbocycles. The van der Waals surface area contributed by atoms with E-state index in [0.717, 1.165) is 18.0 Å². The number of hydrogen-bond donors (Lipinski definition) is 2.